The molecule has 1 atom stereocenters. The smallest absolute Gasteiger partial charge is 0.234 e. The van der Waals surface area contributed by atoms with Crippen LogP contribution in [0, 0.1) is 0 Å². The number of nitrogens with zero attached hydrogens (tertiary/aromatic N) is 2. The highest BCUT2D eigenvalue weighted by atomic mass is 32.1. The molecule has 2 aromatic rings. The fourth-order valence-corrected chi connectivity index (χ4v) is 4.15. The third kappa shape index (κ3) is 3.90. The minimum Gasteiger partial charge on any atom is -0.350 e. The summed E-state index contributed by atoms with van der Waals surface area (Å²) < 4.78 is 0. The van der Waals surface area contributed by atoms with Gasteiger partial charge in [0.1, 0.15) is 5.01 Å². The van der Waals surface area contributed by atoms with Gasteiger partial charge >= 0.3 is 0 Å². The van der Waals surface area contributed by atoms with Gasteiger partial charge in [0.25, 0.3) is 0 Å². The van der Waals surface area contributed by atoms with E-state index in [4.69, 9.17) is 0 Å². The van der Waals surface area contributed by atoms with Crippen LogP contribution in [-0.2, 0) is 11.3 Å². The zero-order valence-corrected chi connectivity index (χ0v) is 13.5. The van der Waals surface area contributed by atoms with Gasteiger partial charge in [-0.2, -0.15) is 0 Å². The van der Waals surface area contributed by atoms with Crippen LogP contribution in [0.3, 0.4) is 0 Å². The van der Waals surface area contributed by atoms with E-state index < -0.39 is 0 Å². The lowest BCUT2D eigenvalue weighted by Gasteiger charge is -2.33. The van der Waals surface area contributed by atoms with Gasteiger partial charge in [0.2, 0.25) is 5.91 Å². The number of thiophene rings is 1. The van der Waals surface area contributed by atoms with E-state index in [9.17, 15) is 4.79 Å². The van der Waals surface area contributed by atoms with Crippen LogP contribution in [0.2, 0.25) is 0 Å². The summed E-state index contributed by atoms with van der Waals surface area (Å²) in [6.07, 6.45) is 5.34. The fourth-order valence-electron chi connectivity index (χ4n) is 2.70. The molecule has 112 valence electrons. The number of nitrogens with one attached hydrogen (secondary N) is 1. The molecule has 0 radical (unpaired) electrons. The van der Waals surface area contributed by atoms with Crippen molar-refractivity contribution in [1.29, 1.82) is 0 Å². The molecular weight excluding hydrogens is 302 g/mol. The second-order valence-corrected chi connectivity index (χ2v) is 7.17. The first-order valence-corrected chi connectivity index (χ1v) is 9.01. The van der Waals surface area contributed by atoms with E-state index in [1.807, 2.05) is 29.1 Å². The van der Waals surface area contributed by atoms with Crippen LogP contribution >= 0.6 is 22.7 Å². The quantitative estimate of drug-likeness (QED) is 0.920. The molecule has 1 amide bonds. The van der Waals surface area contributed by atoms with Gasteiger partial charge in [-0.25, -0.2) is 4.98 Å². The second kappa shape index (κ2) is 7.15. The molecule has 4 nitrogen and oxygen atoms in total. The van der Waals surface area contributed by atoms with Gasteiger partial charge in [-0.1, -0.05) is 12.5 Å². The Morgan fingerprint density at radius 3 is 3.10 bits per heavy atom. The molecule has 6 heteroatoms. The van der Waals surface area contributed by atoms with Gasteiger partial charge < -0.3 is 5.32 Å². The highest BCUT2D eigenvalue weighted by Crippen LogP contribution is 2.31. The Balaban J connectivity index is 1.55. The molecule has 3 heterocycles. The van der Waals surface area contributed by atoms with Crippen LogP contribution in [-0.4, -0.2) is 28.9 Å². The molecule has 0 saturated carbocycles. The molecule has 2 aromatic heterocycles. The number of aromatic nitrogens is 1. The lowest BCUT2D eigenvalue weighted by molar-refractivity contribution is -0.123. The second-order valence-electron chi connectivity index (χ2n) is 5.21. The average molecular weight is 321 g/mol. The van der Waals surface area contributed by atoms with Crippen molar-refractivity contribution in [3.05, 3.63) is 39.0 Å². The predicted octanol–water partition coefficient (Wildman–Crippen LogP) is 3.05. The Kier molecular flexibility index (Phi) is 5.00. The number of hydrogen-bond donors (Lipinski definition) is 1. The van der Waals surface area contributed by atoms with Crippen molar-refractivity contribution in [2.75, 3.05) is 13.1 Å². The minimum atomic E-state index is 0.104. The summed E-state index contributed by atoms with van der Waals surface area (Å²) in [5, 5.41) is 8.20. The largest absolute Gasteiger partial charge is 0.350 e. The van der Waals surface area contributed by atoms with Crippen molar-refractivity contribution < 1.29 is 4.79 Å². The monoisotopic (exact) mass is 321 g/mol. The van der Waals surface area contributed by atoms with Crippen molar-refractivity contribution in [2.24, 2.45) is 0 Å². The van der Waals surface area contributed by atoms with Crippen molar-refractivity contribution in [2.45, 2.75) is 31.8 Å². The van der Waals surface area contributed by atoms with Crippen LogP contribution in [0.25, 0.3) is 0 Å². The maximum absolute atomic E-state index is 12.2. The molecule has 0 aromatic carbocycles. The predicted molar refractivity (Wildman–Crippen MR) is 86.4 cm³/mol. The van der Waals surface area contributed by atoms with Gasteiger partial charge in [0, 0.05) is 16.5 Å². The standard InChI is InChI=1S/C15H19N3OS2/c19-14(17-10-12-4-3-8-20-12)11-18-7-2-1-5-13(18)15-16-6-9-21-15/h3-4,6,8-9,13H,1-2,5,7,10-11H2,(H,17,19)/t13-/m0/s1. The Morgan fingerprint density at radius 2 is 2.33 bits per heavy atom. The molecule has 3 rings (SSSR count). The van der Waals surface area contributed by atoms with E-state index in [1.165, 1.54) is 17.7 Å². The number of amides is 1. The van der Waals surface area contributed by atoms with Crippen molar-refractivity contribution in [1.82, 2.24) is 15.2 Å². The van der Waals surface area contributed by atoms with E-state index in [0.717, 1.165) is 18.0 Å². The maximum Gasteiger partial charge on any atom is 0.234 e. The molecule has 0 unspecified atom stereocenters. The maximum atomic E-state index is 12.2. The van der Waals surface area contributed by atoms with Crippen LogP contribution in [0.4, 0.5) is 0 Å². The Labute approximate surface area is 132 Å². The molecule has 0 spiro atoms. The van der Waals surface area contributed by atoms with E-state index in [-0.39, 0.29) is 5.91 Å². The zero-order valence-electron chi connectivity index (χ0n) is 11.8. The number of hydrogen-bond acceptors (Lipinski definition) is 5. The molecular formula is C15H19N3OS2. The average Bonchev–Trinajstić information content (AvgIpc) is 3.19. The van der Waals surface area contributed by atoms with E-state index in [2.05, 4.69) is 15.2 Å². The number of rotatable bonds is 5. The SMILES string of the molecule is O=C(CN1CCCC[C@H]1c1nccs1)NCc1cccs1. The molecule has 1 N–H and O–H groups in total. The summed E-state index contributed by atoms with van der Waals surface area (Å²) in [6.45, 7) is 2.08. The molecule has 1 aliphatic heterocycles. The van der Waals surface area contributed by atoms with E-state index in [1.54, 1.807) is 22.7 Å². The summed E-state index contributed by atoms with van der Waals surface area (Å²) in [5.41, 5.74) is 0. The molecule has 0 aliphatic carbocycles. The van der Waals surface area contributed by atoms with Crippen LogP contribution in [0.5, 0.6) is 0 Å². The molecule has 1 saturated heterocycles. The zero-order chi connectivity index (χ0) is 14.5. The molecule has 1 aliphatic rings. The highest BCUT2D eigenvalue weighted by molar-refractivity contribution is 7.10. The summed E-state index contributed by atoms with van der Waals surface area (Å²) >= 11 is 3.36. The summed E-state index contributed by atoms with van der Waals surface area (Å²) in [4.78, 5) is 20.1. The lowest BCUT2D eigenvalue weighted by atomic mass is 10.0. The number of carbonyl (C=O) groups is 1. The summed E-state index contributed by atoms with van der Waals surface area (Å²) in [6, 6.07) is 4.37. The number of thiazole rings is 1. The van der Waals surface area contributed by atoms with Crippen molar-refractivity contribution >= 4 is 28.6 Å². The number of carbonyl (C=O) groups excluding carboxylic acids is 1. The Hall–Kier alpha value is -1.24. The lowest BCUT2D eigenvalue weighted by Crippen LogP contribution is -2.41. The molecule has 0 bridgehead atoms. The van der Waals surface area contributed by atoms with Crippen LogP contribution in [0.15, 0.2) is 29.1 Å². The Morgan fingerprint density at radius 1 is 1.38 bits per heavy atom. The Bertz CT molecular complexity index is 554. The highest BCUT2D eigenvalue weighted by Gasteiger charge is 2.27. The van der Waals surface area contributed by atoms with Gasteiger partial charge in [0.15, 0.2) is 0 Å². The first kappa shape index (κ1) is 14.7. The van der Waals surface area contributed by atoms with Crippen molar-refractivity contribution in [3.63, 3.8) is 0 Å². The fraction of sp³-hybridized carbons (Fsp3) is 0.467. The van der Waals surface area contributed by atoms with E-state index >= 15 is 0 Å². The molecule has 1 fully saturated rings. The minimum absolute atomic E-state index is 0.104. The number of likely N-dealkylation sites (tertiary alicyclic amines) is 1. The van der Waals surface area contributed by atoms with Gasteiger partial charge in [-0.15, -0.1) is 22.7 Å². The topological polar surface area (TPSA) is 45.2 Å². The third-order valence-electron chi connectivity index (χ3n) is 3.74. The van der Waals surface area contributed by atoms with Gasteiger partial charge in [-0.3, -0.25) is 9.69 Å². The third-order valence-corrected chi connectivity index (χ3v) is 5.49. The first-order valence-electron chi connectivity index (χ1n) is 7.25. The number of piperidine rings is 1. The first-order chi connectivity index (χ1) is 10.3. The van der Waals surface area contributed by atoms with Gasteiger partial charge in [-0.05, 0) is 30.8 Å². The normalized spacial score (nSPS) is 19.5. The van der Waals surface area contributed by atoms with Crippen LogP contribution < -0.4 is 5.32 Å². The molecule has 21 heavy (non-hydrogen) atoms. The van der Waals surface area contributed by atoms with Gasteiger partial charge in [0.05, 0.1) is 19.1 Å². The van der Waals surface area contributed by atoms with E-state index in [0.29, 0.717) is 19.1 Å². The van der Waals surface area contributed by atoms with Crippen LogP contribution in [0.1, 0.15) is 35.2 Å². The van der Waals surface area contributed by atoms with Crippen molar-refractivity contribution in [3.8, 4) is 0 Å². The summed E-state index contributed by atoms with van der Waals surface area (Å²) in [5.74, 6) is 0.104. The summed E-state index contributed by atoms with van der Waals surface area (Å²) in [7, 11) is 0.